The molecular formula is C9H20N4O2. The molecule has 0 saturated heterocycles. The van der Waals surface area contributed by atoms with E-state index in [1.807, 2.05) is 19.0 Å². The van der Waals surface area contributed by atoms with Crippen LogP contribution in [0, 0.1) is 5.92 Å². The lowest BCUT2D eigenvalue weighted by Gasteiger charge is -2.12. The molecule has 0 aliphatic heterocycles. The van der Waals surface area contributed by atoms with Gasteiger partial charge in [0.15, 0.2) is 5.84 Å². The summed E-state index contributed by atoms with van der Waals surface area (Å²) in [5, 5.41) is 13.9. The molecule has 0 aromatic rings. The Bertz CT molecular complexity index is 228. The molecule has 15 heavy (non-hydrogen) atoms. The second-order valence-electron chi connectivity index (χ2n) is 3.69. The van der Waals surface area contributed by atoms with Gasteiger partial charge in [0.1, 0.15) is 0 Å². The summed E-state index contributed by atoms with van der Waals surface area (Å²) in [6.45, 7) is 3.11. The Labute approximate surface area is 90.1 Å². The minimum Gasteiger partial charge on any atom is -0.409 e. The van der Waals surface area contributed by atoms with E-state index in [0.29, 0.717) is 6.54 Å². The summed E-state index contributed by atoms with van der Waals surface area (Å²) < 4.78 is 0. The van der Waals surface area contributed by atoms with E-state index in [9.17, 15) is 4.79 Å². The Morgan fingerprint density at radius 2 is 2.20 bits per heavy atom. The van der Waals surface area contributed by atoms with E-state index in [-0.39, 0.29) is 11.7 Å². The lowest BCUT2D eigenvalue weighted by molar-refractivity contribution is -0.122. The summed E-state index contributed by atoms with van der Waals surface area (Å²) in [6.07, 6.45) is 0.877. The zero-order chi connectivity index (χ0) is 11.8. The fourth-order valence-electron chi connectivity index (χ4n) is 0.981. The largest absolute Gasteiger partial charge is 0.409 e. The van der Waals surface area contributed by atoms with Gasteiger partial charge in [0.2, 0.25) is 5.91 Å². The van der Waals surface area contributed by atoms with Crippen molar-refractivity contribution in [1.82, 2.24) is 10.2 Å². The van der Waals surface area contributed by atoms with Gasteiger partial charge in [-0.05, 0) is 34.0 Å². The predicted octanol–water partition coefficient (Wildman–Crippen LogP) is -0.563. The number of oxime groups is 1. The summed E-state index contributed by atoms with van der Waals surface area (Å²) in [6, 6.07) is 0. The molecule has 1 atom stereocenters. The van der Waals surface area contributed by atoms with E-state index in [1.54, 1.807) is 6.92 Å². The molecule has 0 rings (SSSR count). The predicted molar refractivity (Wildman–Crippen MR) is 58.8 cm³/mol. The highest BCUT2D eigenvalue weighted by atomic mass is 16.4. The smallest absolute Gasteiger partial charge is 0.230 e. The Morgan fingerprint density at radius 1 is 1.60 bits per heavy atom. The maximum atomic E-state index is 11.4. The van der Waals surface area contributed by atoms with Gasteiger partial charge < -0.3 is 21.2 Å². The first-order chi connectivity index (χ1) is 6.99. The number of carbonyl (C=O) groups excluding carboxylic acids is 1. The highest BCUT2D eigenvalue weighted by Crippen LogP contribution is 1.94. The Morgan fingerprint density at radius 3 is 2.67 bits per heavy atom. The minimum absolute atomic E-state index is 0.0693. The van der Waals surface area contributed by atoms with Crippen LogP contribution in [0.15, 0.2) is 5.16 Å². The molecule has 88 valence electrons. The average molecular weight is 216 g/mol. The number of nitrogens with two attached hydrogens (primary N) is 1. The van der Waals surface area contributed by atoms with Crippen molar-refractivity contribution in [3.63, 3.8) is 0 Å². The van der Waals surface area contributed by atoms with Crippen molar-refractivity contribution in [3.05, 3.63) is 0 Å². The number of nitrogens with zero attached hydrogens (tertiary/aromatic N) is 2. The summed E-state index contributed by atoms with van der Waals surface area (Å²) >= 11 is 0. The van der Waals surface area contributed by atoms with E-state index in [0.717, 1.165) is 13.0 Å². The molecule has 0 heterocycles. The van der Waals surface area contributed by atoms with Crippen LogP contribution in [-0.4, -0.2) is 49.0 Å². The topological polar surface area (TPSA) is 91.0 Å². The van der Waals surface area contributed by atoms with E-state index >= 15 is 0 Å². The Hall–Kier alpha value is -1.30. The van der Waals surface area contributed by atoms with Crippen LogP contribution in [0.4, 0.5) is 0 Å². The Kier molecular flexibility index (Phi) is 6.44. The number of nitrogens with one attached hydrogen (secondary N) is 1. The van der Waals surface area contributed by atoms with Gasteiger partial charge >= 0.3 is 0 Å². The van der Waals surface area contributed by atoms with Gasteiger partial charge in [-0.2, -0.15) is 0 Å². The molecule has 0 fully saturated rings. The van der Waals surface area contributed by atoms with Crippen LogP contribution in [-0.2, 0) is 4.79 Å². The third kappa shape index (κ3) is 5.90. The summed E-state index contributed by atoms with van der Waals surface area (Å²) in [5.74, 6) is -0.876. The van der Waals surface area contributed by atoms with Gasteiger partial charge in [-0.3, -0.25) is 4.79 Å². The molecule has 6 heteroatoms. The van der Waals surface area contributed by atoms with Gasteiger partial charge in [0.05, 0.1) is 5.92 Å². The molecule has 0 aromatic carbocycles. The van der Waals surface area contributed by atoms with Crippen molar-refractivity contribution in [2.24, 2.45) is 16.8 Å². The molecule has 0 radical (unpaired) electrons. The molecule has 0 bridgehead atoms. The number of amides is 1. The normalized spacial score (nSPS) is 14.0. The van der Waals surface area contributed by atoms with Crippen molar-refractivity contribution >= 4 is 11.7 Å². The molecule has 1 amide bonds. The van der Waals surface area contributed by atoms with Crippen molar-refractivity contribution in [2.45, 2.75) is 13.3 Å². The molecular weight excluding hydrogens is 196 g/mol. The summed E-state index contributed by atoms with van der Waals surface area (Å²) in [4.78, 5) is 13.4. The third-order valence-corrected chi connectivity index (χ3v) is 2.03. The average Bonchev–Trinajstić information content (AvgIpc) is 2.21. The quantitative estimate of drug-likeness (QED) is 0.182. The van der Waals surface area contributed by atoms with Gasteiger partial charge in [0, 0.05) is 6.54 Å². The van der Waals surface area contributed by atoms with Crippen LogP contribution in [0.3, 0.4) is 0 Å². The second kappa shape index (κ2) is 7.05. The van der Waals surface area contributed by atoms with Crippen molar-refractivity contribution in [3.8, 4) is 0 Å². The molecule has 1 unspecified atom stereocenters. The second-order valence-corrected chi connectivity index (χ2v) is 3.69. The minimum atomic E-state index is -0.589. The maximum Gasteiger partial charge on any atom is 0.230 e. The van der Waals surface area contributed by atoms with Crippen LogP contribution in [0.25, 0.3) is 0 Å². The Balaban J connectivity index is 3.75. The maximum absolute atomic E-state index is 11.4. The molecule has 0 aliphatic rings. The van der Waals surface area contributed by atoms with E-state index in [2.05, 4.69) is 10.5 Å². The fraction of sp³-hybridized carbons (Fsp3) is 0.778. The highest BCUT2D eigenvalue weighted by molar-refractivity contribution is 6.01. The number of hydrogen-bond donors (Lipinski definition) is 3. The number of carbonyl (C=O) groups is 1. The standard InChI is InChI=1S/C9H20N4O2/c1-7(8(10)12-15)9(14)11-5-4-6-13(2)3/h7,15H,4-6H2,1-3H3,(H2,10,12)(H,11,14). The van der Waals surface area contributed by atoms with Crippen molar-refractivity contribution in [1.29, 1.82) is 0 Å². The zero-order valence-corrected chi connectivity index (χ0v) is 9.53. The number of amidine groups is 1. The molecule has 0 saturated carbocycles. The van der Waals surface area contributed by atoms with Gasteiger partial charge in [-0.15, -0.1) is 0 Å². The summed E-state index contributed by atoms with van der Waals surface area (Å²) in [7, 11) is 3.95. The first-order valence-corrected chi connectivity index (χ1v) is 4.89. The molecule has 0 spiro atoms. The highest BCUT2D eigenvalue weighted by Gasteiger charge is 2.16. The van der Waals surface area contributed by atoms with E-state index < -0.39 is 5.92 Å². The molecule has 4 N–H and O–H groups in total. The lowest BCUT2D eigenvalue weighted by Crippen LogP contribution is -2.38. The fourth-order valence-corrected chi connectivity index (χ4v) is 0.981. The van der Waals surface area contributed by atoms with Crippen molar-refractivity contribution in [2.75, 3.05) is 27.2 Å². The molecule has 0 aliphatic carbocycles. The van der Waals surface area contributed by atoms with Gasteiger partial charge in [-0.1, -0.05) is 5.16 Å². The van der Waals surface area contributed by atoms with E-state index in [4.69, 9.17) is 10.9 Å². The van der Waals surface area contributed by atoms with Crippen LogP contribution in [0.5, 0.6) is 0 Å². The number of hydrogen-bond acceptors (Lipinski definition) is 4. The van der Waals surface area contributed by atoms with Gasteiger partial charge in [0.25, 0.3) is 0 Å². The molecule has 0 aromatic heterocycles. The van der Waals surface area contributed by atoms with Crippen LogP contribution >= 0.6 is 0 Å². The summed E-state index contributed by atoms with van der Waals surface area (Å²) in [5.41, 5.74) is 5.30. The first kappa shape index (κ1) is 13.7. The van der Waals surface area contributed by atoms with E-state index in [1.165, 1.54) is 0 Å². The van der Waals surface area contributed by atoms with Crippen LogP contribution in [0.2, 0.25) is 0 Å². The van der Waals surface area contributed by atoms with Crippen molar-refractivity contribution < 1.29 is 10.0 Å². The lowest BCUT2D eigenvalue weighted by atomic mass is 10.1. The molecule has 6 nitrogen and oxygen atoms in total. The monoisotopic (exact) mass is 216 g/mol. The van der Waals surface area contributed by atoms with Crippen LogP contribution in [0.1, 0.15) is 13.3 Å². The first-order valence-electron chi connectivity index (χ1n) is 4.89. The van der Waals surface area contributed by atoms with Gasteiger partial charge in [-0.25, -0.2) is 0 Å². The third-order valence-electron chi connectivity index (χ3n) is 2.03. The zero-order valence-electron chi connectivity index (χ0n) is 9.53. The SMILES string of the molecule is CC(C(=O)NCCCN(C)C)C(N)=NO. The van der Waals surface area contributed by atoms with Crippen LogP contribution < -0.4 is 11.1 Å². The number of rotatable bonds is 6.